The molecule has 1 rings (SSSR count). The average molecular weight is 323 g/mol. The number of ether oxygens (including phenoxy) is 1. The van der Waals surface area contributed by atoms with E-state index in [-0.39, 0.29) is 0 Å². The van der Waals surface area contributed by atoms with Gasteiger partial charge in [0.15, 0.2) is 0 Å². The van der Waals surface area contributed by atoms with Crippen molar-refractivity contribution in [3.05, 3.63) is 27.1 Å². The summed E-state index contributed by atoms with van der Waals surface area (Å²) in [5.41, 5.74) is 0. The highest BCUT2D eigenvalue weighted by atomic mass is 79.9. The minimum Gasteiger partial charge on any atom is -0.490 e. The van der Waals surface area contributed by atoms with Crippen LogP contribution in [0.5, 0.6) is 5.75 Å². The Morgan fingerprint density at radius 3 is 2.50 bits per heavy atom. The van der Waals surface area contributed by atoms with Gasteiger partial charge in [0.25, 0.3) is 0 Å². The van der Waals surface area contributed by atoms with Crippen molar-refractivity contribution in [2.75, 3.05) is 19.7 Å². The van der Waals surface area contributed by atoms with Crippen molar-refractivity contribution in [3.63, 3.8) is 0 Å². The molecule has 0 unspecified atom stereocenters. The summed E-state index contributed by atoms with van der Waals surface area (Å²) in [6, 6.07) is 5.89. The first-order valence-electron chi connectivity index (χ1n) is 4.53. The number of rotatable bonds is 5. The van der Waals surface area contributed by atoms with E-state index in [2.05, 4.69) is 44.1 Å². The third-order valence-electron chi connectivity index (χ3n) is 1.69. The first-order chi connectivity index (χ1) is 6.75. The molecule has 0 aromatic heterocycles. The molecule has 0 aliphatic rings. The van der Waals surface area contributed by atoms with Crippen LogP contribution in [0.15, 0.2) is 27.1 Å². The lowest BCUT2D eigenvalue weighted by atomic mass is 10.3. The summed E-state index contributed by atoms with van der Waals surface area (Å²) >= 11 is 6.88. The molecule has 0 spiro atoms. The molecule has 78 valence electrons. The second-order valence-corrected chi connectivity index (χ2v) is 4.46. The quantitative estimate of drug-likeness (QED) is 0.841. The van der Waals surface area contributed by atoms with Crippen LogP contribution in [0.2, 0.25) is 0 Å². The van der Waals surface area contributed by atoms with E-state index >= 15 is 0 Å². The van der Waals surface area contributed by atoms with Crippen LogP contribution in [0.4, 0.5) is 0 Å². The maximum absolute atomic E-state index is 5.61. The molecule has 1 N–H and O–H groups in total. The highest BCUT2D eigenvalue weighted by Crippen LogP contribution is 2.32. The van der Waals surface area contributed by atoms with E-state index in [9.17, 15) is 0 Å². The molecule has 0 radical (unpaired) electrons. The van der Waals surface area contributed by atoms with Gasteiger partial charge in [-0.25, -0.2) is 0 Å². The van der Waals surface area contributed by atoms with E-state index in [4.69, 9.17) is 4.74 Å². The topological polar surface area (TPSA) is 21.3 Å². The highest BCUT2D eigenvalue weighted by Gasteiger charge is 2.04. The number of likely N-dealkylation sites (N-methyl/N-ethyl adjacent to an activating group) is 1. The molecule has 0 aliphatic heterocycles. The van der Waals surface area contributed by atoms with Gasteiger partial charge in [-0.05, 0) is 50.5 Å². The lowest BCUT2D eigenvalue weighted by Crippen LogP contribution is -2.20. The van der Waals surface area contributed by atoms with Crippen LogP contribution >= 0.6 is 31.9 Å². The molecule has 0 saturated carbocycles. The molecular formula is C10H13Br2NO. The number of hydrogen-bond acceptors (Lipinski definition) is 2. The molecule has 0 saturated heterocycles. The molecular weight excluding hydrogens is 310 g/mol. The van der Waals surface area contributed by atoms with Crippen molar-refractivity contribution in [3.8, 4) is 5.75 Å². The maximum Gasteiger partial charge on any atom is 0.147 e. The van der Waals surface area contributed by atoms with E-state index in [1.807, 2.05) is 18.2 Å². The molecule has 1 aromatic rings. The fourth-order valence-electron chi connectivity index (χ4n) is 1.02. The lowest BCUT2D eigenvalue weighted by Gasteiger charge is -2.09. The summed E-state index contributed by atoms with van der Waals surface area (Å²) in [4.78, 5) is 0. The number of nitrogens with one attached hydrogen (secondary N) is 1. The minimum atomic E-state index is 0.676. The largest absolute Gasteiger partial charge is 0.490 e. The zero-order valence-electron chi connectivity index (χ0n) is 8.02. The van der Waals surface area contributed by atoms with Crippen LogP contribution in [0.3, 0.4) is 0 Å². The van der Waals surface area contributed by atoms with Gasteiger partial charge in [-0.15, -0.1) is 0 Å². The Balaban J connectivity index is 2.49. The zero-order valence-corrected chi connectivity index (χ0v) is 11.2. The molecule has 4 heteroatoms. The first kappa shape index (κ1) is 12.0. The van der Waals surface area contributed by atoms with E-state index in [1.54, 1.807) is 0 Å². The van der Waals surface area contributed by atoms with Crippen LogP contribution in [0, 0.1) is 0 Å². The molecule has 2 nitrogen and oxygen atoms in total. The predicted octanol–water partition coefficient (Wildman–Crippen LogP) is 3.20. The van der Waals surface area contributed by atoms with Crippen molar-refractivity contribution in [2.45, 2.75) is 6.92 Å². The Labute approximate surface area is 101 Å². The third kappa shape index (κ3) is 3.59. The van der Waals surface area contributed by atoms with Crippen LogP contribution in [0.1, 0.15) is 6.92 Å². The lowest BCUT2D eigenvalue weighted by molar-refractivity contribution is 0.311. The summed E-state index contributed by atoms with van der Waals surface area (Å²) < 4.78 is 7.56. The molecule has 1 aromatic carbocycles. The Kier molecular flexibility index (Phi) is 5.52. The van der Waals surface area contributed by atoms with E-state index in [1.165, 1.54) is 0 Å². The van der Waals surface area contributed by atoms with Gasteiger partial charge in [-0.3, -0.25) is 0 Å². The Morgan fingerprint density at radius 1 is 1.29 bits per heavy atom. The van der Waals surface area contributed by atoms with Crippen molar-refractivity contribution in [2.24, 2.45) is 0 Å². The summed E-state index contributed by atoms with van der Waals surface area (Å²) in [6.07, 6.45) is 0. The van der Waals surface area contributed by atoms with Crippen molar-refractivity contribution < 1.29 is 4.74 Å². The van der Waals surface area contributed by atoms with Gasteiger partial charge in [0.2, 0.25) is 0 Å². The van der Waals surface area contributed by atoms with Crippen LogP contribution in [-0.4, -0.2) is 19.7 Å². The van der Waals surface area contributed by atoms with Gasteiger partial charge in [0.1, 0.15) is 12.4 Å². The molecule has 0 heterocycles. The average Bonchev–Trinajstić information content (AvgIpc) is 2.16. The number of para-hydroxylation sites is 1. The van der Waals surface area contributed by atoms with Gasteiger partial charge >= 0.3 is 0 Å². The van der Waals surface area contributed by atoms with E-state index in [0.717, 1.165) is 27.8 Å². The zero-order chi connectivity index (χ0) is 10.4. The van der Waals surface area contributed by atoms with Crippen molar-refractivity contribution in [1.29, 1.82) is 0 Å². The fraction of sp³-hybridized carbons (Fsp3) is 0.400. The minimum absolute atomic E-state index is 0.676. The van der Waals surface area contributed by atoms with Crippen LogP contribution in [0.25, 0.3) is 0 Å². The second kappa shape index (κ2) is 6.43. The maximum atomic E-state index is 5.61. The van der Waals surface area contributed by atoms with Crippen molar-refractivity contribution in [1.82, 2.24) is 5.32 Å². The van der Waals surface area contributed by atoms with Crippen LogP contribution < -0.4 is 10.1 Å². The molecule has 0 amide bonds. The number of benzene rings is 1. The van der Waals surface area contributed by atoms with E-state index in [0.29, 0.717) is 6.61 Å². The van der Waals surface area contributed by atoms with Gasteiger partial charge in [-0.2, -0.15) is 0 Å². The summed E-state index contributed by atoms with van der Waals surface area (Å²) in [6.45, 7) is 4.59. The third-order valence-corrected chi connectivity index (χ3v) is 2.94. The smallest absolute Gasteiger partial charge is 0.147 e. The normalized spacial score (nSPS) is 10.2. The summed E-state index contributed by atoms with van der Waals surface area (Å²) in [5, 5.41) is 3.20. The Hall–Kier alpha value is -0.0600. The predicted molar refractivity (Wildman–Crippen MR) is 65.9 cm³/mol. The van der Waals surface area contributed by atoms with Gasteiger partial charge in [0, 0.05) is 6.54 Å². The number of halogens is 2. The molecule has 0 fully saturated rings. The molecule has 0 bridgehead atoms. The van der Waals surface area contributed by atoms with Crippen LogP contribution in [-0.2, 0) is 0 Å². The molecule has 0 aliphatic carbocycles. The van der Waals surface area contributed by atoms with Gasteiger partial charge < -0.3 is 10.1 Å². The monoisotopic (exact) mass is 321 g/mol. The first-order valence-corrected chi connectivity index (χ1v) is 6.11. The summed E-state index contributed by atoms with van der Waals surface area (Å²) in [5.74, 6) is 0.866. The molecule has 0 atom stereocenters. The van der Waals surface area contributed by atoms with E-state index < -0.39 is 0 Å². The second-order valence-electron chi connectivity index (χ2n) is 2.75. The van der Waals surface area contributed by atoms with Crippen molar-refractivity contribution >= 4 is 31.9 Å². The molecule has 14 heavy (non-hydrogen) atoms. The fourth-order valence-corrected chi connectivity index (χ4v) is 2.25. The summed E-state index contributed by atoms with van der Waals surface area (Å²) in [7, 11) is 0. The van der Waals surface area contributed by atoms with Gasteiger partial charge in [-0.1, -0.05) is 13.0 Å². The highest BCUT2D eigenvalue weighted by molar-refractivity contribution is 9.11. The SMILES string of the molecule is CCNCCOc1c(Br)cccc1Br. The van der Waals surface area contributed by atoms with Gasteiger partial charge in [0.05, 0.1) is 8.95 Å². The number of hydrogen-bond donors (Lipinski definition) is 1. The Morgan fingerprint density at radius 2 is 1.93 bits per heavy atom. The Bertz CT molecular complexity index is 271. The standard InChI is InChI=1S/C10H13Br2NO/c1-2-13-6-7-14-10-8(11)4-3-5-9(10)12/h3-5,13H,2,6-7H2,1H3.